The van der Waals surface area contributed by atoms with E-state index < -0.39 is 5.97 Å². The van der Waals surface area contributed by atoms with E-state index in [0.29, 0.717) is 0 Å². The summed E-state index contributed by atoms with van der Waals surface area (Å²) in [5.74, 6) is -0.994. The van der Waals surface area contributed by atoms with Gasteiger partial charge in [-0.05, 0) is 39.0 Å². The molecule has 0 saturated carbocycles. The number of hydrogen-bond donors (Lipinski definition) is 1. The molecule has 1 heterocycles. The van der Waals surface area contributed by atoms with Crippen molar-refractivity contribution in [3.05, 3.63) is 34.5 Å². The largest absolute Gasteiger partial charge is 0.478 e. The molecule has 17 heavy (non-hydrogen) atoms. The number of rotatable bonds is 2. The molecule has 0 fully saturated rings. The van der Waals surface area contributed by atoms with Crippen LogP contribution < -0.4 is 0 Å². The third-order valence-corrected chi connectivity index (χ3v) is 3.18. The van der Waals surface area contributed by atoms with Crippen LogP contribution >= 0.6 is 11.6 Å². The molecule has 0 amide bonds. The number of hydrogen-bond acceptors (Lipinski definition) is 1. The van der Waals surface area contributed by atoms with E-state index in [-0.39, 0.29) is 16.6 Å². The van der Waals surface area contributed by atoms with E-state index in [0.717, 1.165) is 16.6 Å². The Morgan fingerprint density at radius 1 is 1.35 bits per heavy atom. The molecule has 0 radical (unpaired) electrons. The predicted octanol–water partition coefficient (Wildman–Crippen LogP) is 3.88. The van der Waals surface area contributed by atoms with Crippen molar-refractivity contribution in [2.24, 2.45) is 0 Å². The van der Waals surface area contributed by atoms with E-state index in [1.807, 2.05) is 13.0 Å². The van der Waals surface area contributed by atoms with Crippen molar-refractivity contribution in [1.82, 2.24) is 4.57 Å². The third-order valence-electron chi connectivity index (χ3n) is 2.87. The molecule has 1 aromatic heterocycles. The van der Waals surface area contributed by atoms with Gasteiger partial charge in [-0.25, -0.2) is 4.79 Å². The average Bonchev–Trinajstić information content (AvgIpc) is 2.51. The Bertz CT molecular complexity index is 599. The van der Waals surface area contributed by atoms with E-state index in [4.69, 9.17) is 16.7 Å². The van der Waals surface area contributed by atoms with Crippen LogP contribution in [0.3, 0.4) is 0 Å². The van der Waals surface area contributed by atoms with Gasteiger partial charge in [-0.3, -0.25) is 0 Å². The Hall–Kier alpha value is -1.48. The van der Waals surface area contributed by atoms with E-state index in [2.05, 4.69) is 18.4 Å². The zero-order valence-corrected chi connectivity index (χ0v) is 10.7. The van der Waals surface area contributed by atoms with Crippen molar-refractivity contribution in [3.8, 4) is 0 Å². The number of halogens is 1. The van der Waals surface area contributed by atoms with Gasteiger partial charge in [0, 0.05) is 22.6 Å². The van der Waals surface area contributed by atoms with Gasteiger partial charge in [0.2, 0.25) is 0 Å². The summed E-state index contributed by atoms with van der Waals surface area (Å²) in [6, 6.07) is 5.67. The number of benzene rings is 1. The van der Waals surface area contributed by atoms with Crippen LogP contribution in [0.2, 0.25) is 5.02 Å². The van der Waals surface area contributed by atoms with Crippen LogP contribution in [0.5, 0.6) is 0 Å². The van der Waals surface area contributed by atoms with Crippen molar-refractivity contribution >= 4 is 28.5 Å². The highest BCUT2D eigenvalue weighted by molar-refractivity contribution is 6.34. The monoisotopic (exact) mass is 251 g/mol. The normalized spacial score (nSPS) is 11.4. The van der Waals surface area contributed by atoms with Crippen molar-refractivity contribution in [2.45, 2.75) is 26.8 Å². The average molecular weight is 252 g/mol. The number of fused-ring (bicyclic) bond motifs is 1. The van der Waals surface area contributed by atoms with Gasteiger partial charge in [0.1, 0.15) is 0 Å². The molecule has 0 aliphatic carbocycles. The smallest absolute Gasteiger partial charge is 0.337 e. The molecule has 0 unspecified atom stereocenters. The van der Waals surface area contributed by atoms with Crippen LogP contribution in [-0.2, 0) is 0 Å². The van der Waals surface area contributed by atoms with E-state index >= 15 is 0 Å². The second-order valence-corrected chi connectivity index (χ2v) is 4.85. The molecular formula is C13H14ClNO2. The number of aromatic nitrogens is 1. The summed E-state index contributed by atoms with van der Waals surface area (Å²) >= 11 is 5.95. The second kappa shape index (κ2) is 4.08. The lowest BCUT2D eigenvalue weighted by atomic mass is 10.1. The summed E-state index contributed by atoms with van der Waals surface area (Å²) in [6.07, 6.45) is 0. The van der Waals surface area contributed by atoms with Gasteiger partial charge in [-0.2, -0.15) is 0 Å². The van der Waals surface area contributed by atoms with Crippen LogP contribution in [0, 0.1) is 6.92 Å². The molecule has 1 N–H and O–H groups in total. The first kappa shape index (κ1) is 12.0. The number of carboxylic acid groups (broad SMARTS) is 1. The Balaban J connectivity index is 2.81. The van der Waals surface area contributed by atoms with Gasteiger partial charge in [-0.1, -0.05) is 11.6 Å². The summed E-state index contributed by atoms with van der Waals surface area (Å²) in [5, 5.41) is 10.3. The first-order chi connectivity index (χ1) is 7.91. The Morgan fingerprint density at radius 3 is 2.53 bits per heavy atom. The topological polar surface area (TPSA) is 42.2 Å². The van der Waals surface area contributed by atoms with E-state index in [9.17, 15) is 4.79 Å². The summed E-state index contributed by atoms with van der Waals surface area (Å²) in [7, 11) is 0. The molecule has 0 saturated heterocycles. The zero-order valence-electron chi connectivity index (χ0n) is 9.99. The third kappa shape index (κ3) is 1.91. The lowest BCUT2D eigenvalue weighted by Crippen LogP contribution is -2.03. The first-order valence-electron chi connectivity index (χ1n) is 5.46. The lowest BCUT2D eigenvalue weighted by molar-refractivity contribution is 0.0697. The number of aromatic carboxylic acids is 1. The van der Waals surface area contributed by atoms with Crippen molar-refractivity contribution in [2.75, 3.05) is 0 Å². The molecule has 1 aromatic carbocycles. The standard InChI is InChI=1S/C13H14ClNO2/c1-7(2)15-8(3)4-9-5-11(14)10(13(16)17)6-12(9)15/h4-7H,1-3H3,(H,16,17). The van der Waals surface area contributed by atoms with Crippen LogP contribution in [0.15, 0.2) is 18.2 Å². The number of carboxylic acids is 1. The highest BCUT2D eigenvalue weighted by Crippen LogP contribution is 2.29. The fourth-order valence-electron chi connectivity index (χ4n) is 2.24. The Labute approximate surface area is 105 Å². The lowest BCUT2D eigenvalue weighted by Gasteiger charge is -2.12. The maximum Gasteiger partial charge on any atom is 0.337 e. The molecule has 0 aliphatic rings. The molecule has 0 spiro atoms. The SMILES string of the molecule is Cc1cc2cc(Cl)c(C(=O)O)cc2n1C(C)C. The van der Waals surface area contributed by atoms with Gasteiger partial charge in [0.05, 0.1) is 10.6 Å². The van der Waals surface area contributed by atoms with Crippen molar-refractivity contribution in [3.63, 3.8) is 0 Å². The molecular weight excluding hydrogens is 238 g/mol. The van der Waals surface area contributed by atoms with Gasteiger partial charge in [0.25, 0.3) is 0 Å². The maximum absolute atomic E-state index is 11.1. The van der Waals surface area contributed by atoms with Crippen LogP contribution in [0.4, 0.5) is 0 Å². The minimum Gasteiger partial charge on any atom is -0.478 e. The molecule has 4 heteroatoms. The molecule has 2 aromatic rings. The van der Waals surface area contributed by atoms with Gasteiger partial charge < -0.3 is 9.67 Å². The zero-order chi connectivity index (χ0) is 12.7. The Kier molecular flexibility index (Phi) is 2.87. The van der Waals surface area contributed by atoms with E-state index in [1.165, 1.54) is 0 Å². The highest BCUT2D eigenvalue weighted by atomic mass is 35.5. The van der Waals surface area contributed by atoms with Crippen LogP contribution in [0.1, 0.15) is 35.9 Å². The summed E-state index contributed by atoms with van der Waals surface area (Å²) < 4.78 is 2.11. The second-order valence-electron chi connectivity index (χ2n) is 4.45. The Morgan fingerprint density at radius 2 is 2.00 bits per heavy atom. The summed E-state index contributed by atoms with van der Waals surface area (Å²) in [5.41, 5.74) is 2.17. The van der Waals surface area contributed by atoms with Gasteiger partial charge in [-0.15, -0.1) is 0 Å². The minimum atomic E-state index is -0.994. The van der Waals surface area contributed by atoms with Crippen LogP contribution in [-0.4, -0.2) is 15.6 Å². The quantitative estimate of drug-likeness (QED) is 0.880. The number of nitrogens with zero attached hydrogens (tertiary/aromatic N) is 1. The van der Waals surface area contributed by atoms with Gasteiger partial charge in [0.15, 0.2) is 0 Å². The first-order valence-corrected chi connectivity index (χ1v) is 5.84. The minimum absolute atomic E-state index is 0.152. The van der Waals surface area contributed by atoms with Crippen molar-refractivity contribution in [1.29, 1.82) is 0 Å². The summed E-state index contributed by atoms with van der Waals surface area (Å²) in [4.78, 5) is 11.1. The molecule has 0 aliphatic heterocycles. The fourth-order valence-corrected chi connectivity index (χ4v) is 2.49. The highest BCUT2D eigenvalue weighted by Gasteiger charge is 2.14. The van der Waals surface area contributed by atoms with Gasteiger partial charge >= 0.3 is 5.97 Å². The van der Waals surface area contributed by atoms with Crippen molar-refractivity contribution < 1.29 is 9.90 Å². The molecule has 0 bridgehead atoms. The molecule has 0 atom stereocenters. The fraction of sp³-hybridized carbons (Fsp3) is 0.308. The molecule has 3 nitrogen and oxygen atoms in total. The summed E-state index contributed by atoms with van der Waals surface area (Å²) in [6.45, 7) is 6.15. The number of carbonyl (C=O) groups is 1. The number of aryl methyl sites for hydroxylation is 1. The molecule has 2 rings (SSSR count). The van der Waals surface area contributed by atoms with Crippen LogP contribution in [0.25, 0.3) is 10.9 Å². The molecule has 90 valence electrons. The van der Waals surface area contributed by atoms with E-state index in [1.54, 1.807) is 12.1 Å². The maximum atomic E-state index is 11.1. The predicted molar refractivity (Wildman–Crippen MR) is 69.0 cm³/mol.